The number of amides is 2. The number of nitrogens with one attached hydrogen (secondary N) is 2. The third-order valence-electron chi connectivity index (χ3n) is 4.35. The maximum Gasteiger partial charge on any atom is 0.407 e. The number of ether oxygens (including phenoxy) is 1. The highest BCUT2D eigenvalue weighted by Gasteiger charge is 2.51. The second-order valence-electron chi connectivity index (χ2n) is 5.94. The summed E-state index contributed by atoms with van der Waals surface area (Å²) in [5.74, 6) is 0.301. The van der Waals surface area contributed by atoms with Crippen LogP contribution in [0.1, 0.15) is 46.0 Å². The van der Waals surface area contributed by atoms with Gasteiger partial charge in [-0.25, -0.2) is 4.79 Å². The van der Waals surface area contributed by atoms with Crippen molar-refractivity contribution in [3.63, 3.8) is 0 Å². The van der Waals surface area contributed by atoms with E-state index in [1.807, 2.05) is 13.8 Å². The summed E-state index contributed by atoms with van der Waals surface area (Å²) in [4.78, 5) is 23.9. The second kappa shape index (κ2) is 5.61. The summed E-state index contributed by atoms with van der Waals surface area (Å²) in [5, 5.41) is 2.96. The van der Waals surface area contributed by atoms with Crippen LogP contribution in [0.4, 0.5) is 4.79 Å². The Labute approximate surface area is 119 Å². The van der Waals surface area contributed by atoms with Crippen LogP contribution in [-0.4, -0.2) is 23.6 Å². The van der Waals surface area contributed by atoms with Gasteiger partial charge in [0.1, 0.15) is 0 Å². The van der Waals surface area contributed by atoms with Gasteiger partial charge in [-0.15, -0.1) is 0 Å². The molecule has 108 valence electrons. The summed E-state index contributed by atoms with van der Waals surface area (Å²) in [7, 11) is 0. The molecule has 2 amide bonds. The molecule has 0 radical (unpaired) electrons. The van der Waals surface area contributed by atoms with E-state index in [9.17, 15) is 9.59 Å². The van der Waals surface area contributed by atoms with Crippen LogP contribution in [0.25, 0.3) is 0 Å². The molecule has 2 bridgehead atoms. The van der Waals surface area contributed by atoms with Gasteiger partial charge in [0.15, 0.2) is 0 Å². The van der Waals surface area contributed by atoms with Gasteiger partial charge in [0.2, 0.25) is 5.91 Å². The summed E-state index contributed by atoms with van der Waals surface area (Å²) in [5.41, 5.74) is -0.451. The first-order valence-electron chi connectivity index (χ1n) is 6.89. The fourth-order valence-electron chi connectivity index (χ4n) is 3.43. The number of alkyl carbamates (subject to hydrolysis) is 1. The first-order chi connectivity index (χ1) is 8.97. The second-order valence-corrected chi connectivity index (χ2v) is 6.17. The highest BCUT2D eigenvalue weighted by atomic mass is 32.1. The fraction of sp³-hybridized carbons (Fsp3) is 0.846. The maximum absolute atomic E-state index is 12.0. The van der Waals surface area contributed by atoms with E-state index in [0.29, 0.717) is 5.92 Å². The standard InChI is InChI=1S/C13H22N2O3S/c1-8(2)18-12(17)14-13-5-3-9(4-6-13)7-10(13)11(16)15-19/h8-10,19H,3-7H2,1-2H3,(H,14,17)(H,15,16). The molecule has 3 aliphatic carbocycles. The SMILES string of the molecule is CC(C)OC(=O)NC12CCC(CC1)CC2C(=O)NS. The van der Waals surface area contributed by atoms with E-state index in [0.717, 1.165) is 32.1 Å². The summed E-state index contributed by atoms with van der Waals surface area (Å²) in [6, 6.07) is 0. The van der Waals surface area contributed by atoms with Gasteiger partial charge < -0.3 is 14.8 Å². The van der Waals surface area contributed by atoms with Crippen LogP contribution in [-0.2, 0) is 9.53 Å². The van der Waals surface area contributed by atoms with Crippen molar-refractivity contribution in [3.05, 3.63) is 0 Å². The highest BCUT2D eigenvalue weighted by molar-refractivity contribution is 7.78. The van der Waals surface area contributed by atoms with Crippen LogP contribution in [0.3, 0.4) is 0 Å². The van der Waals surface area contributed by atoms with Crippen LogP contribution < -0.4 is 10.0 Å². The van der Waals surface area contributed by atoms with Crippen LogP contribution in [0.2, 0.25) is 0 Å². The molecule has 0 aliphatic heterocycles. The summed E-state index contributed by atoms with van der Waals surface area (Å²) >= 11 is 3.86. The molecule has 3 rings (SSSR count). The molecule has 0 aromatic rings. The van der Waals surface area contributed by atoms with Crippen LogP contribution in [0, 0.1) is 11.8 Å². The molecule has 19 heavy (non-hydrogen) atoms. The first kappa shape index (κ1) is 14.5. The lowest BCUT2D eigenvalue weighted by Gasteiger charge is -2.51. The monoisotopic (exact) mass is 286 g/mol. The molecular formula is C13H22N2O3S. The molecule has 0 heterocycles. The number of hydrogen-bond donors (Lipinski definition) is 3. The van der Waals surface area contributed by atoms with Crippen molar-refractivity contribution in [2.45, 2.75) is 57.6 Å². The van der Waals surface area contributed by atoms with E-state index in [1.165, 1.54) is 0 Å². The predicted octanol–water partition coefficient (Wildman–Crippen LogP) is 2.03. The number of hydrogen-bond acceptors (Lipinski definition) is 4. The minimum atomic E-state index is -0.451. The Kier molecular flexibility index (Phi) is 4.28. The van der Waals surface area contributed by atoms with Crippen molar-refractivity contribution in [1.82, 2.24) is 10.0 Å². The van der Waals surface area contributed by atoms with Gasteiger partial charge in [-0.05, 0) is 51.9 Å². The number of rotatable bonds is 3. The number of carbonyl (C=O) groups excluding carboxylic acids is 2. The molecule has 2 N–H and O–H groups in total. The molecule has 0 aromatic carbocycles. The summed E-state index contributed by atoms with van der Waals surface area (Å²) in [6.45, 7) is 3.62. The molecule has 0 aromatic heterocycles. The molecule has 3 fully saturated rings. The Morgan fingerprint density at radius 2 is 1.95 bits per heavy atom. The van der Waals surface area contributed by atoms with Gasteiger partial charge in [0.05, 0.1) is 17.6 Å². The molecule has 3 saturated carbocycles. The van der Waals surface area contributed by atoms with E-state index in [-0.39, 0.29) is 17.9 Å². The summed E-state index contributed by atoms with van der Waals surface area (Å²) < 4.78 is 7.58. The largest absolute Gasteiger partial charge is 0.447 e. The van der Waals surface area contributed by atoms with Crippen molar-refractivity contribution in [1.29, 1.82) is 0 Å². The fourth-order valence-corrected chi connectivity index (χ4v) is 3.59. The van der Waals surface area contributed by atoms with Gasteiger partial charge in [0.25, 0.3) is 0 Å². The summed E-state index contributed by atoms with van der Waals surface area (Å²) in [6.07, 6.45) is 4.07. The molecule has 0 saturated heterocycles. The molecule has 5 nitrogen and oxygen atoms in total. The molecule has 1 atom stereocenters. The highest BCUT2D eigenvalue weighted by Crippen LogP contribution is 2.48. The normalized spacial score (nSPS) is 33.1. The average molecular weight is 286 g/mol. The zero-order valence-corrected chi connectivity index (χ0v) is 12.3. The average Bonchev–Trinajstić information content (AvgIpc) is 2.37. The van der Waals surface area contributed by atoms with Crippen molar-refractivity contribution in [2.24, 2.45) is 11.8 Å². The van der Waals surface area contributed by atoms with E-state index in [4.69, 9.17) is 4.74 Å². The van der Waals surface area contributed by atoms with Crippen LogP contribution in [0.15, 0.2) is 0 Å². The van der Waals surface area contributed by atoms with Crippen molar-refractivity contribution < 1.29 is 14.3 Å². The zero-order valence-electron chi connectivity index (χ0n) is 11.4. The van der Waals surface area contributed by atoms with Crippen LogP contribution >= 0.6 is 12.8 Å². The Bertz CT molecular complexity index is 365. The van der Waals surface area contributed by atoms with Gasteiger partial charge in [-0.3, -0.25) is 4.79 Å². The lowest BCUT2D eigenvalue weighted by molar-refractivity contribution is -0.130. The number of thiol groups is 1. The van der Waals surface area contributed by atoms with Crippen molar-refractivity contribution >= 4 is 24.8 Å². The zero-order chi connectivity index (χ0) is 14.0. The number of fused-ring (bicyclic) bond motifs is 3. The molecular weight excluding hydrogens is 264 g/mol. The van der Waals surface area contributed by atoms with E-state index in [2.05, 4.69) is 22.9 Å². The Hall–Kier alpha value is -0.910. The van der Waals surface area contributed by atoms with Crippen molar-refractivity contribution in [2.75, 3.05) is 0 Å². The third-order valence-corrected chi connectivity index (χ3v) is 4.57. The number of carbonyl (C=O) groups is 2. The maximum atomic E-state index is 12.0. The third kappa shape index (κ3) is 2.99. The Morgan fingerprint density at radius 1 is 1.32 bits per heavy atom. The predicted molar refractivity (Wildman–Crippen MR) is 74.7 cm³/mol. The topological polar surface area (TPSA) is 67.4 Å². The van der Waals surface area contributed by atoms with Crippen LogP contribution in [0.5, 0.6) is 0 Å². The molecule has 6 heteroatoms. The molecule has 1 unspecified atom stereocenters. The molecule has 0 spiro atoms. The quantitative estimate of drug-likeness (QED) is 0.695. The lowest BCUT2D eigenvalue weighted by atomic mass is 9.59. The first-order valence-corrected chi connectivity index (χ1v) is 7.34. The van der Waals surface area contributed by atoms with Gasteiger partial charge >= 0.3 is 6.09 Å². The van der Waals surface area contributed by atoms with E-state index < -0.39 is 11.6 Å². The minimum Gasteiger partial charge on any atom is -0.447 e. The van der Waals surface area contributed by atoms with E-state index >= 15 is 0 Å². The van der Waals surface area contributed by atoms with Crippen molar-refractivity contribution in [3.8, 4) is 0 Å². The van der Waals surface area contributed by atoms with E-state index in [1.54, 1.807) is 0 Å². The Balaban J connectivity index is 2.11. The molecule has 3 aliphatic rings. The minimum absolute atomic E-state index is 0.0995. The van der Waals surface area contributed by atoms with Gasteiger partial charge in [0, 0.05) is 0 Å². The smallest absolute Gasteiger partial charge is 0.407 e. The Morgan fingerprint density at radius 3 is 2.47 bits per heavy atom. The lowest BCUT2D eigenvalue weighted by Crippen LogP contribution is -2.62. The van der Waals surface area contributed by atoms with Gasteiger partial charge in [-0.1, -0.05) is 12.8 Å². The van der Waals surface area contributed by atoms with Gasteiger partial charge in [-0.2, -0.15) is 0 Å².